The van der Waals surface area contributed by atoms with Crippen molar-refractivity contribution in [2.75, 3.05) is 47.1 Å². The van der Waals surface area contributed by atoms with Gasteiger partial charge in [0, 0.05) is 32.2 Å². The average molecular weight is 446 g/mol. The molecule has 0 bridgehead atoms. The number of aromatic nitrogens is 2. The third kappa shape index (κ3) is 4.84. The Labute approximate surface area is 182 Å². The maximum Gasteiger partial charge on any atom is 0.229 e. The van der Waals surface area contributed by atoms with Crippen LogP contribution in [0.3, 0.4) is 0 Å². The van der Waals surface area contributed by atoms with Gasteiger partial charge in [0.15, 0.2) is 0 Å². The summed E-state index contributed by atoms with van der Waals surface area (Å²) in [4.78, 5) is 6.78. The summed E-state index contributed by atoms with van der Waals surface area (Å²) in [5.41, 5.74) is 2.08. The van der Waals surface area contributed by atoms with Crippen molar-refractivity contribution in [3.63, 3.8) is 0 Å². The van der Waals surface area contributed by atoms with Crippen LogP contribution in [0.4, 0.5) is 0 Å². The van der Waals surface area contributed by atoms with E-state index in [1.807, 2.05) is 28.8 Å². The lowest BCUT2D eigenvalue weighted by atomic mass is 10.2. The molecule has 1 aliphatic rings. The first-order chi connectivity index (χ1) is 15.0. The van der Waals surface area contributed by atoms with Crippen LogP contribution in [-0.2, 0) is 26.9 Å². The van der Waals surface area contributed by atoms with Gasteiger partial charge in [-0.1, -0.05) is 12.1 Å². The van der Waals surface area contributed by atoms with Gasteiger partial charge in [0.1, 0.15) is 11.5 Å². The zero-order valence-electron chi connectivity index (χ0n) is 17.8. The van der Waals surface area contributed by atoms with Crippen LogP contribution in [0, 0.1) is 0 Å². The van der Waals surface area contributed by atoms with E-state index in [9.17, 15) is 8.42 Å². The van der Waals surface area contributed by atoms with Crippen molar-refractivity contribution < 1.29 is 22.6 Å². The molecule has 0 atom stereocenters. The van der Waals surface area contributed by atoms with E-state index in [4.69, 9.17) is 14.2 Å². The smallest absolute Gasteiger partial charge is 0.229 e. The zero-order chi connectivity index (χ0) is 21.8. The Balaban J connectivity index is 1.67. The summed E-state index contributed by atoms with van der Waals surface area (Å²) in [6.45, 7) is 4.37. The van der Waals surface area contributed by atoms with Gasteiger partial charge in [0.2, 0.25) is 15.0 Å². The Morgan fingerprint density at radius 2 is 1.68 bits per heavy atom. The molecule has 1 aliphatic heterocycles. The highest BCUT2D eigenvalue weighted by molar-refractivity contribution is 7.90. The van der Waals surface area contributed by atoms with Crippen LogP contribution >= 0.6 is 0 Å². The highest BCUT2D eigenvalue weighted by atomic mass is 32.2. The molecule has 0 spiro atoms. The Bertz CT molecular complexity index is 1130. The molecule has 4 rings (SSSR count). The number of benzene rings is 2. The van der Waals surface area contributed by atoms with Crippen molar-refractivity contribution in [1.82, 2.24) is 14.5 Å². The van der Waals surface area contributed by atoms with Crippen molar-refractivity contribution >= 4 is 20.9 Å². The molecule has 0 amide bonds. The summed E-state index contributed by atoms with van der Waals surface area (Å²) in [6.07, 6.45) is 0. The Morgan fingerprint density at radius 3 is 2.35 bits per heavy atom. The molecule has 2 heterocycles. The van der Waals surface area contributed by atoms with Gasteiger partial charge in [-0.2, -0.15) is 0 Å². The fourth-order valence-corrected chi connectivity index (χ4v) is 5.30. The number of rotatable bonds is 8. The van der Waals surface area contributed by atoms with E-state index in [1.165, 1.54) is 14.2 Å². The molecular formula is C22H27N3O5S. The van der Waals surface area contributed by atoms with Crippen molar-refractivity contribution in [3.8, 4) is 11.5 Å². The quantitative estimate of drug-likeness (QED) is 0.526. The first-order valence-electron chi connectivity index (χ1n) is 10.2. The van der Waals surface area contributed by atoms with Crippen LogP contribution in [0.25, 0.3) is 11.0 Å². The lowest BCUT2D eigenvalue weighted by Gasteiger charge is -2.26. The Hall–Kier alpha value is -2.62. The third-order valence-electron chi connectivity index (χ3n) is 5.41. The van der Waals surface area contributed by atoms with Crippen molar-refractivity contribution in [2.24, 2.45) is 0 Å². The molecule has 1 fully saturated rings. The van der Waals surface area contributed by atoms with Crippen LogP contribution in [0.5, 0.6) is 11.5 Å². The first-order valence-corrected chi connectivity index (χ1v) is 11.9. The number of nitrogens with zero attached hydrogens (tertiary/aromatic N) is 3. The van der Waals surface area contributed by atoms with Gasteiger partial charge in [-0.05, 0) is 29.8 Å². The molecule has 0 radical (unpaired) electrons. The summed E-state index contributed by atoms with van der Waals surface area (Å²) >= 11 is 0. The maximum absolute atomic E-state index is 13.4. The summed E-state index contributed by atoms with van der Waals surface area (Å²) in [5, 5.41) is 0.0868. The number of imidazole rings is 1. The van der Waals surface area contributed by atoms with Crippen LogP contribution in [-0.4, -0.2) is 69.9 Å². The molecule has 0 N–H and O–H groups in total. The average Bonchev–Trinajstić information content (AvgIpc) is 3.17. The second kappa shape index (κ2) is 9.25. The number of hydrogen-bond donors (Lipinski definition) is 0. The SMILES string of the molecule is COc1cc(CS(=O)(=O)c2nc3ccccc3n2CCN2CCOCC2)cc(OC)c1. The molecule has 9 heteroatoms. The normalized spacial score (nSPS) is 15.3. The van der Waals surface area contributed by atoms with Crippen LogP contribution in [0.1, 0.15) is 5.56 Å². The molecule has 0 saturated carbocycles. The number of ether oxygens (including phenoxy) is 3. The van der Waals surface area contributed by atoms with E-state index in [-0.39, 0.29) is 10.9 Å². The summed E-state index contributed by atoms with van der Waals surface area (Å²) in [7, 11) is -0.632. The summed E-state index contributed by atoms with van der Waals surface area (Å²) in [5.74, 6) is 0.900. The predicted molar refractivity (Wildman–Crippen MR) is 117 cm³/mol. The van der Waals surface area contributed by atoms with E-state index in [0.717, 1.165) is 25.2 Å². The molecule has 8 nitrogen and oxygen atoms in total. The standard InChI is InChI=1S/C22H27N3O5S/c1-28-18-13-17(14-19(15-18)29-2)16-31(26,27)22-23-20-5-3-4-6-21(20)25(22)8-7-24-9-11-30-12-10-24/h3-6,13-15H,7-12,16H2,1-2H3. The van der Waals surface area contributed by atoms with Crippen LogP contribution in [0.2, 0.25) is 0 Å². The number of methoxy groups -OCH3 is 2. The monoisotopic (exact) mass is 445 g/mol. The minimum atomic E-state index is -3.71. The molecule has 2 aromatic carbocycles. The van der Waals surface area contributed by atoms with Gasteiger partial charge in [0.25, 0.3) is 0 Å². The van der Waals surface area contributed by atoms with Crippen molar-refractivity contribution in [1.29, 1.82) is 0 Å². The number of para-hydroxylation sites is 2. The van der Waals surface area contributed by atoms with Gasteiger partial charge in [-0.3, -0.25) is 4.90 Å². The van der Waals surface area contributed by atoms with E-state index in [2.05, 4.69) is 9.88 Å². The van der Waals surface area contributed by atoms with Gasteiger partial charge < -0.3 is 18.8 Å². The Morgan fingerprint density at radius 1 is 1.00 bits per heavy atom. The first kappa shape index (κ1) is 21.6. The lowest BCUT2D eigenvalue weighted by Crippen LogP contribution is -2.38. The minimum Gasteiger partial charge on any atom is -0.497 e. The van der Waals surface area contributed by atoms with E-state index < -0.39 is 9.84 Å². The number of morpholine rings is 1. The second-order valence-corrected chi connectivity index (χ2v) is 9.35. The van der Waals surface area contributed by atoms with Gasteiger partial charge in [0.05, 0.1) is 44.2 Å². The van der Waals surface area contributed by atoms with Gasteiger partial charge >= 0.3 is 0 Å². The number of fused-ring (bicyclic) bond motifs is 1. The molecule has 1 aromatic heterocycles. The number of sulfone groups is 1. The van der Waals surface area contributed by atoms with E-state index in [1.54, 1.807) is 18.2 Å². The molecular weight excluding hydrogens is 418 g/mol. The van der Waals surface area contributed by atoms with Gasteiger partial charge in [-0.15, -0.1) is 0 Å². The molecule has 31 heavy (non-hydrogen) atoms. The molecule has 1 saturated heterocycles. The van der Waals surface area contributed by atoms with Crippen LogP contribution < -0.4 is 9.47 Å². The minimum absolute atomic E-state index is 0.0868. The fourth-order valence-electron chi connectivity index (χ4n) is 3.81. The highest BCUT2D eigenvalue weighted by Gasteiger charge is 2.25. The molecule has 166 valence electrons. The number of hydrogen-bond acceptors (Lipinski definition) is 7. The van der Waals surface area contributed by atoms with Gasteiger partial charge in [-0.25, -0.2) is 13.4 Å². The van der Waals surface area contributed by atoms with Crippen LogP contribution in [0.15, 0.2) is 47.6 Å². The van der Waals surface area contributed by atoms with Crippen molar-refractivity contribution in [2.45, 2.75) is 17.5 Å². The molecule has 0 unspecified atom stereocenters. The maximum atomic E-state index is 13.4. The third-order valence-corrected chi connectivity index (χ3v) is 6.99. The summed E-state index contributed by atoms with van der Waals surface area (Å²) in [6, 6.07) is 12.7. The van der Waals surface area contributed by atoms with E-state index >= 15 is 0 Å². The highest BCUT2D eigenvalue weighted by Crippen LogP contribution is 2.27. The fraction of sp³-hybridized carbons (Fsp3) is 0.409. The summed E-state index contributed by atoms with van der Waals surface area (Å²) < 4.78 is 44.7. The Kier molecular flexibility index (Phi) is 6.45. The predicted octanol–water partition coefficient (Wildman–Crippen LogP) is 2.36. The second-order valence-electron chi connectivity index (χ2n) is 7.47. The van der Waals surface area contributed by atoms with E-state index in [0.29, 0.717) is 42.3 Å². The molecule has 3 aromatic rings. The lowest BCUT2D eigenvalue weighted by molar-refractivity contribution is 0.0362. The molecule has 0 aliphatic carbocycles. The van der Waals surface area contributed by atoms with Crippen molar-refractivity contribution in [3.05, 3.63) is 48.0 Å². The zero-order valence-corrected chi connectivity index (χ0v) is 18.6. The topological polar surface area (TPSA) is 82.9 Å². The largest absolute Gasteiger partial charge is 0.497 e.